The highest BCUT2D eigenvalue weighted by atomic mass is 16.5. The number of hydrogen-bond donors (Lipinski definition) is 1. The molecule has 1 N–H and O–H groups in total. The van der Waals surface area contributed by atoms with E-state index in [9.17, 15) is 4.79 Å². The fourth-order valence-electron chi connectivity index (χ4n) is 4.44. The van der Waals surface area contributed by atoms with Crippen molar-refractivity contribution in [1.82, 2.24) is 14.8 Å². The van der Waals surface area contributed by atoms with Gasteiger partial charge in [-0.3, -0.25) is 4.79 Å². The smallest absolute Gasteiger partial charge is 0.226 e. The van der Waals surface area contributed by atoms with E-state index in [1.54, 1.807) is 18.9 Å². The largest absolute Gasteiger partial charge is 0.493 e. The van der Waals surface area contributed by atoms with Crippen LogP contribution in [0.5, 0.6) is 11.5 Å². The highest BCUT2D eigenvalue weighted by Crippen LogP contribution is 2.44. The average Bonchev–Trinajstić information content (AvgIpc) is 3.25. The maximum atomic E-state index is 13.4. The van der Waals surface area contributed by atoms with Crippen LogP contribution in [0.2, 0.25) is 0 Å². The maximum absolute atomic E-state index is 13.4. The molecule has 0 bridgehead atoms. The highest BCUT2D eigenvalue weighted by Gasteiger charge is 2.39. The van der Waals surface area contributed by atoms with E-state index in [-0.39, 0.29) is 17.7 Å². The topological polar surface area (TPSA) is 78.3 Å². The third-order valence-electron chi connectivity index (χ3n) is 5.86. The first-order chi connectivity index (χ1) is 14.7. The molecular weight excluding hydrogens is 380 g/mol. The van der Waals surface area contributed by atoms with Crippen LogP contribution in [0, 0.1) is 0 Å². The predicted molar refractivity (Wildman–Crippen MR) is 112 cm³/mol. The second-order valence-electron chi connectivity index (χ2n) is 7.50. The fourth-order valence-corrected chi connectivity index (χ4v) is 4.44. The van der Waals surface area contributed by atoms with E-state index in [2.05, 4.69) is 15.4 Å². The number of anilines is 1. The zero-order valence-corrected chi connectivity index (χ0v) is 16.8. The Balaban J connectivity index is 1.55. The summed E-state index contributed by atoms with van der Waals surface area (Å²) in [6.07, 6.45) is 2.67. The quantitative estimate of drug-likeness (QED) is 0.717. The summed E-state index contributed by atoms with van der Waals surface area (Å²) >= 11 is 0. The molecule has 1 aliphatic heterocycles. The van der Waals surface area contributed by atoms with Crippen LogP contribution >= 0.6 is 0 Å². The van der Waals surface area contributed by atoms with Crippen molar-refractivity contribution in [3.63, 3.8) is 0 Å². The Morgan fingerprint density at radius 2 is 1.80 bits per heavy atom. The van der Waals surface area contributed by atoms with Gasteiger partial charge in [0.25, 0.3) is 0 Å². The number of allylic oxidation sites excluding steroid dienone is 2. The van der Waals surface area contributed by atoms with Crippen LogP contribution in [0.4, 0.5) is 5.95 Å². The molecule has 152 valence electrons. The van der Waals surface area contributed by atoms with Gasteiger partial charge in [-0.15, -0.1) is 0 Å². The lowest BCUT2D eigenvalue weighted by molar-refractivity contribution is -0.116. The molecule has 0 saturated carbocycles. The molecule has 5 rings (SSSR count). The minimum atomic E-state index is -0.265. The Morgan fingerprint density at radius 1 is 1.00 bits per heavy atom. The number of nitrogens with zero attached hydrogens (tertiary/aromatic N) is 3. The number of fused-ring (bicyclic) bond motifs is 1. The fraction of sp³-hybridized carbons (Fsp3) is 0.261. The number of carbonyl (C=O) groups is 1. The molecule has 0 fully saturated rings. The van der Waals surface area contributed by atoms with Gasteiger partial charge in [0.1, 0.15) is 12.4 Å². The van der Waals surface area contributed by atoms with Gasteiger partial charge in [-0.05, 0) is 35.6 Å². The summed E-state index contributed by atoms with van der Waals surface area (Å²) in [6, 6.07) is 15.6. The van der Waals surface area contributed by atoms with Crippen LogP contribution in [0.25, 0.3) is 0 Å². The number of aromatic nitrogens is 3. The standard InChI is InChI=1S/C23H22N4O3/c1-29-19-9-8-15(12-20(19)30-2)16-10-17-21(18(28)11-16)22(14-6-4-3-5-7-14)27-23(26-17)24-13-25-27/h3-9,12-13,16,22H,10-11H2,1-2H3,(H,24,25,26)/t16-,22-/m1/s1. The monoisotopic (exact) mass is 402 g/mol. The molecule has 1 aromatic heterocycles. The number of ether oxygens (including phenoxy) is 2. The molecule has 1 aliphatic carbocycles. The zero-order valence-electron chi connectivity index (χ0n) is 16.8. The van der Waals surface area contributed by atoms with Gasteiger partial charge < -0.3 is 14.8 Å². The molecular formula is C23H22N4O3. The second kappa shape index (κ2) is 7.33. The number of hydrogen-bond acceptors (Lipinski definition) is 6. The zero-order chi connectivity index (χ0) is 20.7. The summed E-state index contributed by atoms with van der Waals surface area (Å²) < 4.78 is 12.6. The lowest BCUT2D eigenvalue weighted by Crippen LogP contribution is -2.33. The minimum absolute atomic E-state index is 0.0504. The number of ketones is 1. The van der Waals surface area contributed by atoms with Crippen molar-refractivity contribution >= 4 is 11.7 Å². The third-order valence-corrected chi connectivity index (χ3v) is 5.86. The Bertz CT molecular complexity index is 1140. The first-order valence-corrected chi connectivity index (χ1v) is 9.89. The van der Waals surface area contributed by atoms with Crippen molar-refractivity contribution in [1.29, 1.82) is 0 Å². The number of benzene rings is 2. The van der Waals surface area contributed by atoms with Gasteiger partial charge in [0.2, 0.25) is 5.95 Å². The van der Waals surface area contributed by atoms with Crippen LogP contribution in [-0.4, -0.2) is 34.8 Å². The molecule has 7 nitrogen and oxygen atoms in total. The highest BCUT2D eigenvalue weighted by molar-refractivity contribution is 6.00. The summed E-state index contributed by atoms with van der Waals surface area (Å²) in [7, 11) is 3.23. The van der Waals surface area contributed by atoms with Crippen molar-refractivity contribution in [2.45, 2.75) is 24.8 Å². The van der Waals surface area contributed by atoms with E-state index >= 15 is 0 Å². The summed E-state index contributed by atoms with van der Waals surface area (Å²) in [4.78, 5) is 17.7. The van der Waals surface area contributed by atoms with Crippen molar-refractivity contribution in [2.24, 2.45) is 0 Å². The number of Topliss-reactive ketones (excluding diaryl/α,β-unsaturated/α-hetero) is 1. The second-order valence-corrected chi connectivity index (χ2v) is 7.50. The van der Waals surface area contributed by atoms with Gasteiger partial charge in [0, 0.05) is 17.7 Å². The molecule has 0 radical (unpaired) electrons. The summed E-state index contributed by atoms with van der Waals surface area (Å²) in [5.41, 5.74) is 3.77. The van der Waals surface area contributed by atoms with Gasteiger partial charge in [-0.25, -0.2) is 4.68 Å². The van der Waals surface area contributed by atoms with Crippen molar-refractivity contribution in [3.8, 4) is 11.5 Å². The van der Waals surface area contributed by atoms with Crippen molar-refractivity contribution in [3.05, 3.63) is 77.3 Å². The lowest BCUT2D eigenvalue weighted by atomic mass is 9.78. The molecule has 30 heavy (non-hydrogen) atoms. The molecule has 0 amide bonds. The predicted octanol–water partition coefficient (Wildman–Crippen LogP) is 3.71. The Labute approximate surface area is 174 Å². The Morgan fingerprint density at radius 3 is 2.57 bits per heavy atom. The first kappa shape index (κ1) is 18.4. The van der Waals surface area contributed by atoms with Gasteiger partial charge in [-0.2, -0.15) is 10.1 Å². The Kier molecular flexibility index (Phi) is 4.50. The van der Waals surface area contributed by atoms with Gasteiger partial charge in [0.15, 0.2) is 17.3 Å². The van der Waals surface area contributed by atoms with Crippen LogP contribution in [0.1, 0.15) is 35.9 Å². The van der Waals surface area contributed by atoms with Crippen LogP contribution in [-0.2, 0) is 4.79 Å². The van der Waals surface area contributed by atoms with Crippen LogP contribution in [0.3, 0.4) is 0 Å². The van der Waals surface area contributed by atoms with Crippen LogP contribution in [0.15, 0.2) is 66.1 Å². The summed E-state index contributed by atoms with van der Waals surface area (Å²) in [5.74, 6) is 2.17. The normalized spacial score (nSPS) is 20.3. The average molecular weight is 402 g/mol. The number of methoxy groups -OCH3 is 2. The first-order valence-electron chi connectivity index (χ1n) is 9.89. The number of rotatable bonds is 4. The number of carbonyl (C=O) groups excluding carboxylic acids is 1. The van der Waals surface area contributed by atoms with E-state index in [1.807, 2.05) is 48.5 Å². The van der Waals surface area contributed by atoms with E-state index in [0.717, 1.165) is 22.4 Å². The lowest BCUT2D eigenvalue weighted by Gasteiger charge is -2.35. The molecule has 7 heteroatoms. The summed E-state index contributed by atoms with van der Waals surface area (Å²) in [6.45, 7) is 0. The molecule has 2 heterocycles. The molecule has 0 spiro atoms. The van der Waals surface area contributed by atoms with Crippen molar-refractivity contribution < 1.29 is 14.3 Å². The van der Waals surface area contributed by atoms with Gasteiger partial charge in [-0.1, -0.05) is 36.4 Å². The molecule has 0 saturated heterocycles. The van der Waals surface area contributed by atoms with E-state index < -0.39 is 0 Å². The molecule has 3 aromatic rings. The van der Waals surface area contributed by atoms with E-state index in [4.69, 9.17) is 9.47 Å². The molecule has 0 unspecified atom stereocenters. The molecule has 2 aromatic carbocycles. The van der Waals surface area contributed by atoms with E-state index in [0.29, 0.717) is 30.3 Å². The van der Waals surface area contributed by atoms with Crippen molar-refractivity contribution in [2.75, 3.05) is 19.5 Å². The minimum Gasteiger partial charge on any atom is -0.493 e. The molecule has 2 atom stereocenters. The maximum Gasteiger partial charge on any atom is 0.226 e. The Hall–Kier alpha value is -3.61. The van der Waals surface area contributed by atoms with Gasteiger partial charge >= 0.3 is 0 Å². The third kappa shape index (κ3) is 2.94. The number of nitrogens with one attached hydrogen (secondary N) is 1. The SMILES string of the molecule is COc1ccc([C@H]2CC(=O)C3=C(C2)Nc2ncnn2[C@@H]3c2ccccc2)cc1OC. The van der Waals surface area contributed by atoms with Gasteiger partial charge in [0.05, 0.1) is 14.2 Å². The summed E-state index contributed by atoms with van der Waals surface area (Å²) in [5, 5.41) is 7.74. The van der Waals surface area contributed by atoms with Crippen LogP contribution < -0.4 is 14.8 Å². The van der Waals surface area contributed by atoms with E-state index in [1.165, 1.54) is 6.33 Å². The molecule has 2 aliphatic rings.